The predicted octanol–water partition coefficient (Wildman–Crippen LogP) is 3.49. The highest BCUT2D eigenvalue weighted by Gasteiger charge is 2.17. The number of sulfonamides is 1. The summed E-state index contributed by atoms with van der Waals surface area (Å²) < 4.78 is 44.0. The molecule has 0 bridgehead atoms. The molecule has 0 saturated heterocycles. The lowest BCUT2D eigenvalue weighted by atomic mass is 10.2. The molecular formula is C18H17ClFNO4S. The van der Waals surface area contributed by atoms with Gasteiger partial charge in [-0.05, 0) is 35.9 Å². The first-order valence-corrected chi connectivity index (χ1v) is 9.34. The molecule has 0 aliphatic carbocycles. The number of nitrogens with zero attached hydrogens (tertiary/aromatic N) is 1. The Kier molecular flexibility index (Phi) is 6.52. The van der Waals surface area contributed by atoms with Crippen LogP contribution in [0, 0.1) is 5.82 Å². The fourth-order valence-electron chi connectivity index (χ4n) is 2.03. The standard InChI is InChI=1S/C18H17ClFNO4S/c1-21(2)26(23,24)14-6-3-5-13(11-14)12-25-18(22)10-9-15-16(19)7-4-8-17(15)20/h3-11H,12H2,1-2H3/b10-9+. The van der Waals surface area contributed by atoms with Gasteiger partial charge in [-0.2, -0.15) is 0 Å². The summed E-state index contributed by atoms with van der Waals surface area (Å²) in [5, 5.41) is 0.177. The van der Waals surface area contributed by atoms with Crippen LogP contribution in [0.2, 0.25) is 5.02 Å². The average molecular weight is 398 g/mol. The maximum absolute atomic E-state index is 13.6. The first kappa shape index (κ1) is 20.1. The molecule has 0 N–H and O–H groups in total. The third kappa shape index (κ3) is 4.91. The van der Waals surface area contributed by atoms with E-state index in [2.05, 4.69) is 0 Å². The Morgan fingerprint density at radius 2 is 1.92 bits per heavy atom. The van der Waals surface area contributed by atoms with Crippen molar-refractivity contribution < 1.29 is 22.3 Å². The molecule has 0 atom stereocenters. The van der Waals surface area contributed by atoms with Crippen LogP contribution in [0.25, 0.3) is 6.08 Å². The van der Waals surface area contributed by atoms with E-state index in [0.717, 1.165) is 10.4 Å². The van der Waals surface area contributed by atoms with E-state index in [1.807, 2.05) is 0 Å². The zero-order valence-electron chi connectivity index (χ0n) is 14.1. The molecule has 138 valence electrons. The first-order valence-electron chi connectivity index (χ1n) is 7.52. The van der Waals surface area contributed by atoms with Gasteiger partial charge in [0.15, 0.2) is 0 Å². The Balaban J connectivity index is 2.05. The number of rotatable bonds is 6. The molecule has 0 aromatic heterocycles. The second-order valence-electron chi connectivity index (χ2n) is 5.51. The molecule has 2 rings (SSSR count). The average Bonchev–Trinajstić information content (AvgIpc) is 2.59. The number of esters is 1. The molecule has 0 heterocycles. The highest BCUT2D eigenvalue weighted by atomic mass is 35.5. The highest BCUT2D eigenvalue weighted by Crippen LogP contribution is 2.20. The van der Waals surface area contributed by atoms with Gasteiger partial charge in [-0.25, -0.2) is 21.9 Å². The lowest BCUT2D eigenvalue weighted by Gasteiger charge is -2.12. The summed E-state index contributed by atoms with van der Waals surface area (Å²) in [5.74, 6) is -1.26. The Bertz CT molecular complexity index is 922. The molecule has 0 aliphatic heterocycles. The normalized spacial score (nSPS) is 11.9. The summed E-state index contributed by atoms with van der Waals surface area (Å²) in [5.41, 5.74) is 0.601. The van der Waals surface area contributed by atoms with E-state index in [-0.39, 0.29) is 22.1 Å². The maximum Gasteiger partial charge on any atom is 0.331 e. The van der Waals surface area contributed by atoms with Crippen molar-refractivity contribution in [1.82, 2.24) is 4.31 Å². The van der Waals surface area contributed by atoms with E-state index in [1.54, 1.807) is 12.1 Å². The predicted molar refractivity (Wildman–Crippen MR) is 97.6 cm³/mol. The van der Waals surface area contributed by atoms with Crippen LogP contribution in [0.3, 0.4) is 0 Å². The van der Waals surface area contributed by atoms with E-state index in [9.17, 15) is 17.6 Å². The fourth-order valence-corrected chi connectivity index (χ4v) is 3.23. The van der Waals surface area contributed by atoms with Gasteiger partial charge in [0.1, 0.15) is 12.4 Å². The van der Waals surface area contributed by atoms with Crippen LogP contribution in [0.1, 0.15) is 11.1 Å². The summed E-state index contributed by atoms with van der Waals surface area (Å²) in [4.78, 5) is 11.9. The minimum Gasteiger partial charge on any atom is -0.458 e. The van der Waals surface area contributed by atoms with Crippen molar-refractivity contribution >= 4 is 33.7 Å². The Labute approximate surface area is 156 Å². The van der Waals surface area contributed by atoms with Crippen LogP contribution in [-0.2, 0) is 26.2 Å². The van der Waals surface area contributed by atoms with Gasteiger partial charge in [-0.15, -0.1) is 0 Å². The van der Waals surface area contributed by atoms with Crippen molar-refractivity contribution in [2.45, 2.75) is 11.5 Å². The topological polar surface area (TPSA) is 63.7 Å². The van der Waals surface area contributed by atoms with Gasteiger partial charge in [-0.3, -0.25) is 0 Å². The number of hydrogen-bond acceptors (Lipinski definition) is 4. The smallest absolute Gasteiger partial charge is 0.331 e. The van der Waals surface area contributed by atoms with E-state index in [4.69, 9.17) is 16.3 Å². The highest BCUT2D eigenvalue weighted by molar-refractivity contribution is 7.89. The molecule has 8 heteroatoms. The molecule has 0 amide bonds. The van der Waals surface area contributed by atoms with Crippen molar-refractivity contribution in [3.8, 4) is 0 Å². The fraction of sp³-hybridized carbons (Fsp3) is 0.167. The molecule has 0 aliphatic rings. The molecule has 0 radical (unpaired) electrons. The van der Waals surface area contributed by atoms with Crippen LogP contribution in [0.5, 0.6) is 0 Å². The van der Waals surface area contributed by atoms with Gasteiger partial charge in [-0.1, -0.05) is 29.8 Å². The van der Waals surface area contributed by atoms with Crippen LogP contribution in [0.4, 0.5) is 4.39 Å². The van der Waals surface area contributed by atoms with E-state index >= 15 is 0 Å². The van der Waals surface area contributed by atoms with E-state index in [0.29, 0.717) is 5.56 Å². The molecule has 0 fully saturated rings. The number of carbonyl (C=O) groups is 1. The summed E-state index contributed by atoms with van der Waals surface area (Å²) >= 11 is 5.87. The second-order valence-corrected chi connectivity index (χ2v) is 8.07. The third-order valence-corrected chi connectivity index (χ3v) is 5.58. The second kappa shape index (κ2) is 8.44. The SMILES string of the molecule is CN(C)S(=O)(=O)c1cccc(COC(=O)/C=C/c2c(F)cccc2Cl)c1. The zero-order chi connectivity index (χ0) is 19.3. The van der Waals surface area contributed by atoms with Crippen molar-refractivity contribution in [2.75, 3.05) is 14.1 Å². The minimum atomic E-state index is -3.57. The summed E-state index contributed by atoms with van der Waals surface area (Å²) in [7, 11) is -0.709. The van der Waals surface area contributed by atoms with Crippen molar-refractivity contribution in [1.29, 1.82) is 0 Å². The molecular weight excluding hydrogens is 381 g/mol. The van der Waals surface area contributed by atoms with Gasteiger partial charge in [0.05, 0.1) is 9.92 Å². The van der Waals surface area contributed by atoms with Gasteiger partial charge in [0.2, 0.25) is 10.0 Å². The third-order valence-electron chi connectivity index (χ3n) is 3.44. The monoisotopic (exact) mass is 397 g/mol. The number of benzene rings is 2. The van der Waals surface area contributed by atoms with E-state index in [1.165, 1.54) is 50.5 Å². The first-order chi connectivity index (χ1) is 12.2. The van der Waals surface area contributed by atoms with Gasteiger partial charge < -0.3 is 4.74 Å². The van der Waals surface area contributed by atoms with Crippen molar-refractivity contribution in [3.63, 3.8) is 0 Å². The molecule has 5 nitrogen and oxygen atoms in total. The molecule has 0 unspecified atom stereocenters. The van der Waals surface area contributed by atoms with Gasteiger partial charge >= 0.3 is 5.97 Å². The molecule has 26 heavy (non-hydrogen) atoms. The molecule has 0 spiro atoms. The maximum atomic E-state index is 13.6. The Morgan fingerprint density at radius 3 is 2.58 bits per heavy atom. The minimum absolute atomic E-state index is 0.0881. The molecule has 0 saturated carbocycles. The zero-order valence-corrected chi connectivity index (χ0v) is 15.7. The number of ether oxygens (including phenoxy) is 1. The lowest BCUT2D eigenvalue weighted by molar-refractivity contribution is -0.138. The van der Waals surface area contributed by atoms with Crippen molar-refractivity contribution in [2.24, 2.45) is 0 Å². The van der Waals surface area contributed by atoms with Gasteiger partial charge in [0, 0.05) is 25.7 Å². The van der Waals surface area contributed by atoms with Crippen LogP contribution >= 0.6 is 11.6 Å². The van der Waals surface area contributed by atoms with Gasteiger partial charge in [0.25, 0.3) is 0 Å². The van der Waals surface area contributed by atoms with Crippen molar-refractivity contribution in [3.05, 3.63) is 70.5 Å². The van der Waals surface area contributed by atoms with E-state index < -0.39 is 21.8 Å². The number of hydrogen-bond donors (Lipinski definition) is 0. The molecule has 2 aromatic carbocycles. The van der Waals surface area contributed by atoms with Crippen LogP contribution < -0.4 is 0 Å². The number of halogens is 2. The Morgan fingerprint density at radius 1 is 1.23 bits per heavy atom. The summed E-state index contributed by atoms with van der Waals surface area (Å²) in [6.07, 6.45) is 2.29. The summed E-state index contributed by atoms with van der Waals surface area (Å²) in [6.45, 7) is -0.120. The lowest BCUT2D eigenvalue weighted by Crippen LogP contribution is -2.22. The number of carbonyl (C=O) groups excluding carboxylic acids is 1. The largest absolute Gasteiger partial charge is 0.458 e. The van der Waals surface area contributed by atoms with Crippen LogP contribution in [-0.4, -0.2) is 32.8 Å². The summed E-state index contributed by atoms with van der Waals surface area (Å²) in [6, 6.07) is 10.3. The van der Waals surface area contributed by atoms with Crippen LogP contribution in [0.15, 0.2) is 53.4 Å². The quantitative estimate of drug-likeness (QED) is 0.553. The Hall–Kier alpha value is -2.22. The molecule has 2 aromatic rings.